The second-order valence-electron chi connectivity index (χ2n) is 6.69. The number of benzene rings is 1. The fraction of sp³-hybridized carbons (Fsp3) is 0.217. The highest BCUT2D eigenvalue weighted by Gasteiger charge is 2.15. The lowest BCUT2D eigenvalue weighted by Crippen LogP contribution is -2.23. The highest BCUT2D eigenvalue weighted by Crippen LogP contribution is 2.28. The van der Waals surface area contributed by atoms with Gasteiger partial charge in [0, 0.05) is 23.3 Å². The van der Waals surface area contributed by atoms with E-state index in [9.17, 15) is 4.79 Å². The molecule has 0 fully saturated rings. The molecule has 1 aromatic carbocycles. The van der Waals surface area contributed by atoms with E-state index in [1.54, 1.807) is 6.20 Å². The Morgan fingerprint density at radius 2 is 2.04 bits per heavy atom. The molecule has 3 nitrogen and oxygen atoms in total. The monoisotopic (exact) mass is 342 g/mol. The number of fused-ring (bicyclic) bond motifs is 1. The van der Waals surface area contributed by atoms with E-state index < -0.39 is 0 Å². The second-order valence-corrected chi connectivity index (χ2v) is 6.69. The third kappa shape index (κ3) is 2.80. The minimum Gasteiger partial charge on any atom is -0.281 e. The van der Waals surface area contributed by atoms with Crippen molar-refractivity contribution in [3.63, 3.8) is 0 Å². The average Bonchev–Trinajstić information content (AvgIpc) is 2.68. The highest BCUT2D eigenvalue weighted by atomic mass is 16.1. The molecule has 4 rings (SSSR count). The smallest absolute Gasteiger partial charge is 0.263 e. The quantitative estimate of drug-likeness (QED) is 0.662. The number of hydrogen-bond acceptors (Lipinski definition) is 2. The lowest BCUT2D eigenvalue weighted by atomic mass is 9.98. The summed E-state index contributed by atoms with van der Waals surface area (Å²) in [5.74, 6) is 0. The first-order valence-electron chi connectivity index (χ1n) is 9.17. The Kier molecular flexibility index (Phi) is 4.29. The number of rotatable bonds is 3. The zero-order valence-electron chi connectivity index (χ0n) is 15.2. The number of hydrogen-bond donors (Lipinski definition) is 0. The van der Waals surface area contributed by atoms with Crippen molar-refractivity contribution in [2.75, 3.05) is 0 Å². The topological polar surface area (TPSA) is 34.9 Å². The van der Waals surface area contributed by atoms with Gasteiger partial charge in [-0.25, -0.2) is 0 Å². The van der Waals surface area contributed by atoms with Crippen LogP contribution in [0.4, 0.5) is 0 Å². The van der Waals surface area contributed by atoms with Crippen LogP contribution >= 0.6 is 0 Å². The number of allylic oxidation sites excluding steroid dienone is 4. The molecule has 0 bridgehead atoms. The van der Waals surface area contributed by atoms with E-state index in [0.29, 0.717) is 0 Å². The number of pyridine rings is 2. The summed E-state index contributed by atoms with van der Waals surface area (Å²) in [5.41, 5.74) is 5.04. The van der Waals surface area contributed by atoms with Gasteiger partial charge in [-0.05, 0) is 67.0 Å². The van der Waals surface area contributed by atoms with Crippen LogP contribution in [0.25, 0.3) is 27.6 Å². The van der Waals surface area contributed by atoms with Crippen molar-refractivity contribution in [2.45, 2.75) is 33.1 Å². The van der Waals surface area contributed by atoms with Crippen LogP contribution in [0, 0.1) is 6.92 Å². The fourth-order valence-corrected chi connectivity index (χ4v) is 3.68. The van der Waals surface area contributed by atoms with Crippen LogP contribution in [-0.4, -0.2) is 9.55 Å². The molecule has 1 aliphatic rings. The first-order valence-corrected chi connectivity index (χ1v) is 9.17. The Hall–Kier alpha value is -2.94. The molecule has 0 saturated heterocycles. The molecule has 0 radical (unpaired) electrons. The van der Waals surface area contributed by atoms with Crippen LogP contribution in [0.2, 0.25) is 0 Å². The number of aromatic nitrogens is 2. The Morgan fingerprint density at radius 1 is 1.15 bits per heavy atom. The average molecular weight is 342 g/mol. The van der Waals surface area contributed by atoms with Gasteiger partial charge in [0.05, 0.1) is 5.39 Å². The largest absolute Gasteiger partial charge is 0.281 e. The molecule has 0 amide bonds. The normalized spacial score (nSPS) is 13.8. The molecule has 1 aliphatic carbocycles. The maximum Gasteiger partial charge on any atom is 0.263 e. The summed E-state index contributed by atoms with van der Waals surface area (Å²) in [6.07, 6.45) is 11.0. The first-order chi connectivity index (χ1) is 12.7. The van der Waals surface area contributed by atoms with Gasteiger partial charge >= 0.3 is 0 Å². The van der Waals surface area contributed by atoms with Crippen molar-refractivity contribution in [3.8, 4) is 11.1 Å². The number of aryl methyl sites for hydroxylation is 2. The van der Waals surface area contributed by atoms with Gasteiger partial charge in [0.15, 0.2) is 0 Å². The fourth-order valence-electron chi connectivity index (χ4n) is 3.68. The van der Waals surface area contributed by atoms with Crippen molar-refractivity contribution >= 4 is 16.5 Å². The van der Waals surface area contributed by atoms with Crippen LogP contribution in [-0.2, 0) is 6.42 Å². The third-order valence-corrected chi connectivity index (χ3v) is 4.93. The van der Waals surface area contributed by atoms with Gasteiger partial charge in [-0.3, -0.25) is 14.3 Å². The third-order valence-electron chi connectivity index (χ3n) is 4.93. The Labute approximate surface area is 153 Å². The first kappa shape index (κ1) is 16.5. The Balaban J connectivity index is 2.06. The lowest BCUT2D eigenvalue weighted by molar-refractivity contribution is 0.895. The van der Waals surface area contributed by atoms with Crippen LogP contribution in [0.1, 0.15) is 31.2 Å². The van der Waals surface area contributed by atoms with E-state index in [-0.39, 0.29) is 5.56 Å². The van der Waals surface area contributed by atoms with Gasteiger partial charge in [0.2, 0.25) is 0 Å². The summed E-state index contributed by atoms with van der Waals surface area (Å²) in [5, 5.41) is 1.77. The van der Waals surface area contributed by atoms with Crippen molar-refractivity contribution in [2.24, 2.45) is 0 Å². The van der Waals surface area contributed by atoms with Crippen LogP contribution in [0.15, 0.2) is 65.6 Å². The van der Waals surface area contributed by atoms with Crippen LogP contribution in [0.5, 0.6) is 0 Å². The van der Waals surface area contributed by atoms with E-state index in [1.807, 2.05) is 41.8 Å². The SMILES string of the molecule is CCc1cc2cccc(-c3ccnc(C)c3)c2c(=O)n1C1=CCCC=C1. The van der Waals surface area contributed by atoms with E-state index >= 15 is 0 Å². The highest BCUT2D eigenvalue weighted by molar-refractivity contribution is 5.96. The van der Waals surface area contributed by atoms with Crippen molar-refractivity contribution in [1.82, 2.24) is 9.55 Å². The molecular formula is C23H22N2O. The maximum absolute atomic E-state index is 13.6. The molecule has 3 heteroatoms. The Morgan fingerprint density at radius 3 is 2.77 bits per heavy atom. The van der Waals surface area contributed by atoms with Gasteiger partial charge in [-0.15, -0.1) is 0 Å². The Bertz CT molecular complexity index is 1100. The van der Waals surface area contributed by atoms with E-state index in [1.165, 1.54) is 0 Å². The lowest BCUT2D eigenvalue weighted by Gasteiger charge is -2.17. The number of nitrogens with zero attached hydrogens (tertiary/aromatic N) is 2. The predicted octanol–water partition coefficient (Wildman–Crippen LogP) is 5.13. The minimum absolute atomic E-state index is 0.0576. The molecule has 0 atom stereocenters. The molecule has 2 heterocycles. The van der Waals surface area contributed by atoms with Crippen LogP contribution < -0.4 is 5.56 Å². The molecule has 0 aliphatic heterocycles. The van der Waals surface area contributed by atoms with Gasteiger partial charge in [0.1, 0.15) is 0 Å². The van der Waals surface area contributed by atoms with Crippen molar-refractivity contribution in [1.29, 1.82) is 0 Å². The summed E-state index contributed by atoms with van der Waals surface area (Å²) in [6.45, 7) is 4.07. The second kappa shape index (κ2) is 6.75. The summed E-state index contributed by atoms with van der Waals surface area (Å²) in [4.78, 5) is 17.8. The zero-order valence-corrected chi connectivity index (χ0v) is 15.2. The van der Waals surface area contributed by atoms with E-state index in [2.05, 4.69) is 36.2 Å². The maximum atomic E-state index is 13.6. The zero-order chi connectivity index (χ0) is 18.1. The summed E-state index contributed by atoms with van der Waals surface area (Å²) >= 11 is 0. The van der Waals surface area contributed by atoms with E-state index in [4.69, 9.17) is 0 Å². The molecule has 0 unspecified atom stereocenters. The molecule has 2 aromatic heterocycles. The minimum atomic E-state index is 0.0576. The van der Waals surface area contributed by atoms with Gasteiger partial charge in [-0.1, -0.05) is 37.3 Å². The molecule has 0 saturated carbocycles. The van der Waals surface area contributed by atoms with Gasteiger partial charge < -0.3 is 0 Å². The van der Waals surface area contributed by atoms with Crippen molar-refractivity contribution < 1.29 is 0 Å². The van der Waals surface area contributed by atoms with Crippen LogP contribution in [0.3, 0.4) is 0 Å². The van der Waals surface area contributed by atoms with Gasteiger partial charge in [0.25, 0.3) is 5.56 Å². The predicted molar refractivity (Wildman–Crippen MR) is 108 cm³/mol. The standard InChI is InChI=1S/C23H22N2O/c1-3-19-15-18-8-7-11-21(17-12-13-24-16(2)14-17)22(18)23(26)25(19)20-9-5-4-6-10-20/h5,7-15H,3-4,6H2,1-2H3. The molecule has 130 valence electrons. The molecular weight excluding hydrogens is 320 g/mol. The summed E-state index contributed by atoms with van der Waals surface area (Å²) < 4.78 is 1.88. The molecule has 26 heavy (non-hydrogen) atoms. The molecule has 0 N–H and O–H groups in total. The molecule has 0 spiro atoms. The summed E-state index contributed by atoms with van der Waals surface area (Å²) in [7, 11) is 0. The summed E-state index contributed by atoms with van der Waals surface area (Å²) in [6, 6.07) is 12.2. The van der Waals surface area contributed by atoms with Gasteiger partial charge in [-0.2, -0.15) is 0 Å². The molecule has 3 aromatic rings. The van der Waals surface area contributed by atoms with E-state index in [0.717, 1.165) is 58.2 Å². The van der Waals surface area contributed by atoms with Crippen molar-refractivity contribution in [3.05, 3.63) is 82.6 Å².